The lowest BCUT2D eigenvalue weighted by Gasteiger charge is -2.33. The molecule has 1 aliphatic heterocycles. The molecule has 0 radical (unpaired) electrons. The summed E-state index contributed by atoms with van der Waals surface area (Å²) in [4.78, 5) is 7.00. The standard InChI is InChI=1S/C23H36N6.HI/c1-18-11-8-9-15-28(18)16-10-14-25-23(24-4)26-17-22-19(2)27-29(20(22)3)21-12-6-5-7-13-21;/h5-7,12-13,18H,8-11,14-17H2,1-4H3,(H2,24,25,26);1H. The number of para-hydroxylation sites is 1. The fourth-order valence-corrected chi connectivity index (χ4v) is 4.12. The molecule has 1 saturated heterocycles. The average Bonchev–Trinajstić information content (AvgIpc) is 3.03. The molecule has 1 aromatic heterocycles. The molecule has 1 aliphatic rings. The Labute approximate surface area is 198 Å². The van der Waals surface area contributed by atoms with Crippen molar-refractivity contribution in [3.05, 3.63) is 47.3 Å². The van der Waals surface area contributed by atoms with Crippen LogP contribution in [0, 0.1) is 13.8 Å². The van der Waals surface area contributed by atoms with Gasteiger partial charge in [-0.25, -0.2) is 4.68 Å². The maximum atomic E-state index is 4.73. The lowest BCUT2D eigenvalue weighted by atomic mass is 10.0. The van der Waals surface area contributed by atoms with Gasteiger partial charge >= 0.3 is 0 Å². The van der Waals surface area contributed by atoms with Gasteiger partial charge in [0.05, 0.1) is 11.4 Å². The van der Waals surface area contributed by atoms with Gasteiger partial charge in [0, 0.05) is 44.0 Å². The van der Waals surface area contributed by atoms with Crippen molar-refractivity contribution >= 4 is 29.9 Å². The first-order valence-electron chi connectivity index (χ1n) is 10.9. The Balaban J connectivity index is 0.00000320. The predicted octanol–water partition coefficient (Wildman–Crippen LogP) is 4.04. The summed E-state index contributed by atoms with van der Waals surface area (Å²) in [5, 5.41) is 11.6. The molecule has 0 bridgehead atoms. The van der Waals surface area contributed by atoms with E-state index < -0.39 is 0 Å². The number of nitrogens with zero attached hydrogens (tertiary/aromatic N) is 4. The van der Waals surface area contributed by atoms with Gasteiger partial charge in [-0.05, 0) is 58.7 Å². The van der Waals surface area contributed by atoms with Gasteiger partial charge in [-0.3, -0.25) is 4.99 Å². The van der Waals surface area contributed by atoms with Gasteiger partial charge in [0.2, 0.25) is 0 Å². The summed E-state index contributed by atoms with van der Waals surface area (Å²) in [5.41, 5.74) is 4.52. The van der Waals surface area contributed by atoms with Gasteiger partial charge in [0.15, 0.2) is 5.96 Å². The van der Waals surface area contributed by atoms with E-state index in [9.17, 15) is 0 Å². The SMILES string of the molecule is CN=C(NCCCN1CCCCC1C)NCc1c(C)nn(-c2ccccc2)c1C.I. The van der Waals surface area contributed by atoms with E-state index in [-0.39, 0.29) is 24.0 Å². The second kappa shape index (κ2) is 12.3. The minimum Gasteiger partial charge on any atom is -0.356 e. The smallest absolute Gasteiger partial charge is 0.191 e. The van der Waals surface area contributed by atoms with E-state index >= 15 is 0 Å². The predicted molar refractivity (Wildman–Crippen MR) is 136 cm³/mol. The highest BCUT2D eigenvalue weighted by Gasteiger charge is 2.17. The summed E-state index contributed by atoms with van der Waals surface area (Å²) in [6, 6.07) is 11.0. The van der Waals surface area contributed by atoms with E-state index in [1.807, 2.05) is 29.9 Å². The molecule has 7 heteroatoms. The van der Waals surface area contributed by atoms with Gasteiger partial charge < -0.3 is 15.5 Å². The molecule has 6 nitrogen and oxygen atoms in total. The van der Waals surface area contributed by atoms with Crippen LogP contribution in [0.3, 0.4) is 0 Å². The van der Waals surface area contributed by atoms with Crippen molar-refractivity contribution in [1.29, 1.82) is 0 Å². The van der Waals surface area contributed by atoms with Crippen LogP contribution in [0.1, 0.15) is 49.6 Å². The molecule has 1 fully saturated rings. The zero-order valence-electron chi connectivity index (χ0n) is 18.8. The van der Waals surface area contributed by atoms with Crippen molar-refractivity contribution < 1.29 is 0 Å². The third-order valence-corrected chi connectivity index (χ3v) is 5.95. The summed E-state index contributed by atoms with van der Waals surface area (Å²) in [6.07, 6.45) is 5.20. The minimum absolute atomic E-state index is 0. The molecule has 0 spiro atoms. The number of aliphatic imine (C=N–C) groups is 1. The summed E-state index contributed by atoms with van der Waals surface area (Å²) in [7, 11) is 1.83. The number of guanidine groups is 1. The van der Waals surface area contributed by atoms with Crippen molar-refractivity contribution in [3.8, 4) is 5.69 Å². The third kappa shape index (κ3) is 6.44. The van der Waals surface area contributed by atoms with Crippen LogP contribution in [0.5, 0.6) is 0 Å². The number of piperidine rings is 1. The monoisotopic (exact) mass is 524 g/mol. The van der Waals surface area contributed by atoms with Gasteiger partial charge in [-0.15, -0.1) is 24.0 Å². The number of aromatic nitrogens is 2. The van der Waals surface area contributed by atoms with Crippen LogP contribution in [0.25, 0.3) is 5.69 Å². The van der Waals surface area contributed by atoms with Gasteiger partial charge in [-0.2, -0.15) is 5.10 Å². The maximum Gasteiger partial charge on any atom is 0.191 e. The van der Waals surface area contributed by atoms with E-state index in [2.05, 4.69) is 53.4 Å². The Morgan fingerprint density at radius 3 is 2.63 bits per heavy atom. The summed E-state index contributed by atoms with van der Waals surface area (Å²) in [6.45, 7) is 10.6. The van der Waals surface area contributed by atoms with Crippen LogP contribution in [0.4, 0.5) is 0 Å². The lowest BCUT2D eigenvalue weighted by molar-refractivity contribution is 0.159. The lowest BCUT2D eigenvalue weighted by Crippen LogP contribution is -2.41. The molecule has 30 heavy (non-hydrogen) atoms. The molecule has 0 amide bonds. The normalized spacial score (nSPS) is 17.5. The number of hydrogen-bond acceptors (Lipinski definition) is 3. The first kappa shape index (κ1) is 24.7. The van der Waals surface area contributed by atoms with Crippen LogP contribution in [0.15, 0.2) is 35.3 Å². The fraction of sp³-hybridized carbons (Fsp3) is 0.565. The Morgan fingerprint density at radius 2 is 1.93 bits per heavy atom. The van der Waals surface area contributed by atoms with Crippen LogP contribution in [0.2, 0.25) is 0 Å². The number of hydrogen-bond donors (Lipinski definition) is 2. The Bertz CT molecular complexity index is 802. The summed E-state index contributed by atoms with van der Waals surface area (Å²) < 4.78 is 2.02. The van der Waals surface area contributed by atoms with E-state index in [0.717, 1.165) is 48.6 Å². The second-order valence-corrected chi connectivity index (χ2v) is 7.98. The number of aryl methyl sites for hydroxylation is 1. The molecule has 0 aliphatic carbocycles. The van der Waals surface area contributed by atoms with E-state index in [0.29, 0.717) is 6.54 Å². The van der Waals surface area contributed by atoms with Crippen LogP contribution in [-0.2, 0) is 6.54 Å². The number of likely N-dealkylation sites (tertiary alicyclic amines) is 1. The first-order valence-corrected chi connectivity index (χ1v) is 10.9. The fourth-order valence-electron chi connectivity index (χ4n) is 4.12. The van der Waals surface area contributed by atoms with Gasteiger partial charge in [0.25, 0.3) is 0 Å². The molecule has 3 rings (SSSR count). The van der Waals surface area contributed by atoms with Crippen molar-refractivity contribution in [2.24, 2.45) is 4.99 Å². The van der Waals surface area contributed by atoms with Crippen LogP contribution < -0.4 is 10.6 Å². The number of nitrogens with one attached hydrogen (secondary N) is 2. The molecule has 1 atom stereocenters. The average molecular weight is 524 g/mol. The summed E-state index contributed by atoms with van der Waals surface area (Å²) >= 11 is 0. The Morgan fingerprint density at radius 1 is 1.17 bits per heavy atom. The highest BCUT2D eigenvalue weighted by molar-refractivity contribution is 14.0. The molecule has 1 unspecified atom stereocenters. The molecule has 166 valence electrons. The number of benzene rings is 1. The third-order valence-electron chi connectivity index (χ3n) is 5.95. The Hall–Kier alpha value is -1.61. The molecular formula is C23H37IN6. The molecule has 2 heterocycles. The van der Waals surface area contributed by atoms with E-state index in [1.54, 1.807) is 0 Å². The molecule has 0 saturated carbocycles. The Kier molecular flexibility index (Phi) is 10.1. The van der Waals surface area contributed by atoms with Crippen molar-refractivity contribution in [1.82, 2.24) is 25.3 Å². The van der Waals surface area contributed by atoms with Crippen molar-refractivity contribution in [2.45, 2.75) is 59.0 Å². The zero-order chi connectivity index (χ0) is 20.6. The first-order chi connectivity index (χ1) is 14.1. The quantitative estimate of drug-likeness (QED) is 0.249. The molecule has 2 aromatic rings. The van der Waals surface area contributed by atoms with Crippen molar-refractivity contribution in [3.63, 3.8) is 0 Å². The largest absolute Gasteiger partial charge is 0.356 e. The van der Waals surface area contributed by atoms with Gasteiger partial charge in [0.1, 0.15) is 0 Å². The van der Waals surface area contributed by atoms with Crippen LogP contribution in [-0.4, -0.2) is 53.4 Å². The molecular weight excluding hydrogens is 487 g/mol. The maximum absolute atomic E-state index is 4.73. The molecule has 1 aromatic carbocycles. The molecule has 2 N–H and O–H groups in total. The van der Waals surface area contributed by atoms with E-state index in [4.69, 9.17) is 5.10 Å². The van der Waals surface area contributed by atoms with Crippen molar-refractivity contribution in [2.75, 3.05) is 26.7 Å². The highest BCUT2D eigenvalue weighted by atomic mass is 127. The topological polar surface area (TPSA) is 57.5 Å². The highest BCUT2D eigenvalue weighted by Crippen LogP contribution is 2.18. The zero-order valence-corrected chi connectivity index (χ0v) is 21.1. The summed E-state index contributed by atoms with van der Waals surface area (Å²) in [5.74, 6) is 0.850. The number of halogens is 1. The van der Waals surface area contributed by atoms with E-state index in [1.165, 1.54) is 31.4 Å². The van der Waals surface area contributed by atoms with Crippen LogP contribution >= 0.6 is 24.0 Å². The van der Waals surface area contributed by atoms with Gasteiger partial charge in [-0.1, -0.05) is 24.6 Å². The number of rotatable bonds is 7. The minimum atomic E-state index is 0. The second-order valence-electron chi connectivity index (χ2n) is 7.98.